The fraction of sp³-hybridized carbons (Fsp3) is 0.250. The Bertz CT molecular complexity index is 751. The third-order valence-corrected chi connectivity index (χ3v) is 3.70. The number of hydrogen-bond acceptors (Lipinski definition) is 3. The SMILES string of the molecule is CCCOc1ccc(/C=C\C(=O)Nc2ccc(C)c(C)c2)cc1N. The van der Waals surface area contributed by atoms with Crippen LogP contribution in [0, 0.1) is 13.8 Å². The molecule has 2 rings (SSSR count). The number of hydrogen-bond donors (Lipinski definition) is 2. The lowest BCUT2D eigenvalue weighted by atomic mass is 10.1. The van der Waals surface area contributed by atoms with Crippen LogP contribution in [0.4, 0.5) is 11.4 Å². The van der Waals surface area contributed by atoms with Gasteiger partial charge in [-0.2, -0.15) is 0 Å². The largest absolute Gasteiger partial charge is 0.491 e. The molecule has 1 amide bonds. The summed E-state index contributed by atoms with van der Waals surface area (Å²) < 4.78 is 5.54. The molecule has 4 heteroatoms. The van der Waals surface area contributed by atoms with Crippen LogP contribution in [0.15, 0.2) is 42.5 Å². The lowest BCUT2D eigenvalue weighted by Crippen LogP contribution is -2.08. The molecule has 0 fully saturated rings. The fourth-order valence-electron chi connectivity index (χ4n) is 2.19. The van der Waals surface area contributed by atoms with Crippen LogP contribution in [-0.2, 0) is 4.79 Å². The van der Waals surface area contributed by atoms with Crippen molar-refractivity contribution in [2.24, 2.45) is 0 Å². The Morgan fingerprint density at radius 3 is 2.62 bits per heavy atom. The zero-order chi connectivity index (χ0) is 17.5. The predicted octanol–water partition coefficient (Wildman–Crippen LogP) is 4.33. The summed E-state index contributed by atoms with van der Waals surface area (Å²) in [4.78, 5) is 12.0. The van der Waals surface area contributed by atoms with Gasteiger partial charge in [0, 0.05) is 11.8 Å². The molecule has 0 saturated heterocycles. The summed E-state index contributed by atoms with van der Waals surface area (Å²) in [5.41, 5.74) is 10.5. The highest BCUT2D eigenvalue weighted by Crippen LogP contribution is 2.23. The zero-order valence-corrected chi connectivity index (χ0v) is 14.4. The number of amides is 1. The molecule has 0 aromatic heterocycles. The zero-order valence-electron chi connectivity index (χ0n) is 14.4. The summed E-state index contributed by atoms with van der Waals surface area (Å²) in [6.07, 6.45) is 4.16. The van der Waals surface area contributed by atoms with E-state index in [1.807, 2.05) is 51.1 Å². The number of rotatable bonds is 6. The third kappa shape index (κ3) is 4.88. The topological polar surface area (TPSA) is 64.3 Å². The molecule has 0 aliphatic heterocycles. The minimum Gasteiger partial charge on any atom is -0.491 e. The van der Waals surface area contributed by atoms with Crippen LogP contribution in [0.1, 0.15) is 30.0 Å². The number of carbonyl (C=O) groups is 1. The van der Waals surface area contributed by atoms with Crippen molar-refractivity contribution in [3.63, 3.8) is 0 Å². The molecule has 0 radical (unpaired) electrons. The number of benzene rings is 2. The van der Waals surface area contributed by atoms with Crippen LogP contribution in [0.2, 0.25) is 0 Å². The number of nitrogens with one attached hydrogen (secondary N) is 1. The van der Waals surface area contributed by atoms with Crippen LogP contribution in [0.25, 0.3) is 6.08 Å². The monoisotopic (exact) mass is 324 g/mol. The minimum absolute atomic E-state index is 0.178. The Hall–Kier alpha value is -2.75. The van der Waals surface area contributed by atoms with Gasteiger partial charge in [0.05, 0.1) is 12.3 Å². The number of nitrogens with two attached hydrogens (primary N) is 1. The first kappa shape index (κ1) is 17.6. The van der Waals surface area contributed by atoms with Crippen LogP contribution in [0.5, 0.6) is 5.75 Å². The lowest BCUT2D eigenvalue weighted by molar-refractivity contribution is -0.111. The van der Waals surface area contributed by atoms with E-state index in [1.54, 1.807) is 12.1 Å². The summed E-state index contributed by atoms with van der Waals surface area (Å²) in [7, 11) is 0. The summed E-state index contributed by atoms with van der Waals surface area (Å²) in [6.45, 7) is 6.74. The highest BCUT2D eigenvalue weighted by atomic mass is 16.5. The first-order valence-corrected chi connectivity index (χ1v) is 8.08. The second-order valence-electron chi connectivity index (χ2n) is 5.77. The van der Waals surface area contributed by atoms with Crippen LogP contribution >= 0.6 is 0 Å². The van der Waals surface area contributed by atoms with Crippen LogP contribution < -0.4 is 15.8 Å². The Kier molecular flexibility index (Phi) is 6.01. The first-order valence-electron chi connectivity index (χ1n) is 8.08. The quantitative estimate of drug-likeness (QED) is 0.614. The molecule has 0 heterocycles. The van der Waals surface area contributed by atoms with Gasteiger partial charge in [0.15, 0.2) is 0 Å². The second-order valence-corrected chi connectivity index (χ2v) is 5.77. The van der Waals surface area contributed by atoms with Gasteiger partial charge in [0.2, 0.25) is 5.91 Å². The van der Waals surface area contributed by atoms with Gasteiger partial charge < -0.3 is 15.8 Å². The Morgan fingerprint density at radius 2 is 1.96 bits per heavy atom. The van der Waals surface area contributed by atoms with Gasteiger partial charge in [-0.25, -0.2) is 0 Å². The molecule has 0 spiro atoms. The van der Waals surface area contributed by atoms with Crippen molar-refractivity contribution in [1.82, 2.24) is 0 Å². The standard InChI is InChI=1S/C20H24N2O2/c1-4-11-24-19-9-6-16(13-18(19)21)7-10-20(23)22-17-8-5-14(2)15(3)12-17/h5-10,12-13H,4,11,21H2,1-3H3,(H,22,23)/b10-7-. The first-order chi connectivity index (χ1) is 11.5. The number of nitrogen functional groups attached to an aromatic ring is 1. The van der Waals surface area contributed by atoms with Crippen molar-refractivity contribution in [2.75, 3.05) is 17.7 Å². The van der Waals surface area contributed by atoms with Crippen molar-refractivity contribution in [3.8, 4) is 5.75 Å². The average Bonchev–Trinajstić information content (AvgIpc) is 2.55. The minimum atomic E-state index is -0.178. The number of anilines is 2. The summed E-state index contributed by atoms with van der Waals surface area (Å²) >= 11 is 0. The Labute approximate surface area is 143 Å². The van der Waals surface area contributed by atoms with E-state index >= 15 is 0 Å². The molecule has 126 valence electrons. The maximum Gasteiger partial charge on any atom is 0.248 e. The van der Waals surface area contributed by atoms with E-state index in [2.05, 4.69) is 5.32 Å². The van der Waals surface area contributed by atoms with Crippen molar-refractivity contribution in [2.45, 2.75) is 27.2 Å². The molecule has 0 atom stereocenters. The van der Waals surface area contributed by atoms with E-state index in [0.717, 1.165) is 23.2 Å². The molecule has 0 unspecified atom stereocenters. The molecule has 3 N–H and O–H groups in total. The number of aryl methyl sites for hydroxylation is 2. The van der Waals surface area contributed by atoms with Gasteiger partial charge in [-0.1, -0.05) is 19.1 Å². The van der Waals surface area contributed by atoms with E-state index < -0.39 is 0 Å². The van der Waals surface area contributed by atoms with E-state index in [0.29, 0.717) is 18.0 Å². The summed E-state index contributed by atoms with van der Waals surface area (Å²) in [5, 5.41) is 2.85. The van der Waals surface area contributed by atoms with E-state index in [-0.39, 0.29) is 5.91 Å². The van der Waals surface area contributed by atoms with Gasteiger partial charge in [-0.05, 0) is 67.3 Å². The van der Waals surface area contributed by atoms with Crippen molar-refractivity contribution in [1.29, 1.82) is 0 Å². The molecule has 0 aliphatic rings. The Morgan fingerprint density at radius 1 is 1.17 bits per heavy atom. The van der Waals surface area contributed by atoms with Gasteiger partial charge in [0.1, 0.15) is 5.75 Å². The molecular weight excluding hydrogens is 300 g/mol. The fourth-order valence-corrected chi connectivity index (χ4v) is 2.19. The average molecular weight is 324 g/mol. The smallest absolute Gasteiger partial charge is 0.248 e. The van der Waals surface area contributed by atoms with Gasteiger partial charge >= 0.3 is 0 Å². The molecule has 4 nitrogen and oxygen atoms in total. The highest BCUT2D eigenvalue weighted by Gasteiger charge is 2.02. The molecule has 0 saturated carbocycles. The summed E-state index contributed by atoms with van der Waals surface area (Å²) in [5.74, 6) is 0.497. The van der Waals surface area contributed by atoms with Crippen molar-refractivity contribution < 1.29 is 9.53 Å². The normalized spacial score (nSPS) is 10.8. The number of carbonyl (C=O) groups excluding carboxylic acids is 1. The van der Waals surface area contributed by atoms with Gasteiger partial charge in [-0.15, -0.1) is 0 Å². The molecular formula is C20H24N2O2. The van der Waals surface area contributed by atoms with Crippen LogP contribution in [-0.4, -0.2) is 12.5 Å². The van der Waals surface area contributed by atoms with Crippen LogP contribution in [0.3, 0.4) is 0 Å². The summed E-state index contributed by atoms with van der Waals surface area (Å²) in [6, 6.07) is 11.3. The lowest BCUT2D eigenvalue weighted by Gasteiger charge is -2.08. The predicted molar refractivity (Wildman–Crippen MR) is 100 cm³/mol. The van der Waals surface area contributed by atoms with E-state index in [9.17, 15) is 4.79 Å². The Balaban J connectivity index is 2.00. The molecule has 24 heavy (non-hydrogen) atoms. The van der Waals surface area contributed by atoms with E-state index in [1.165, 1.54) is 11.6 Å². The third-order valence-electron chi connectivity index (χ3n) is 3.70. The molecule has 0 bridgehead atoms. The molecule has 0 aliphatic carbocycles. The number of ether oxygens (including phenoxy) is 1. The van der Waals surface area contributed by atoms with Crippen molar-refractivity contribution >= 4 is 23.4 Å². The molecule has 2 aromatic carbocycles. The molecule has 2 aromatic rings. The van der Waals surface area contributed by atoms with E-state index in [4.69, 9.17) is 10.5 Å². The maximum absolute atomic E-state index is 12.0. The maximum atomic E-state index is 12.0. The van der Waals surface area contributed by atoms with Gasteiger partial charge in [0.25, 0.3) is 0 Å². The van der Waals surface area contributed by atoms with Crippen molar-refractivity contribution in [3.05, 3.63) is 59.2 Å². The van der Waals surface area contributed by atoms with Gasteiger partial charge in [-0.3, -0.25) is 4.79 Å². The second kappa shape index (κ2) is 8.20. The highest BCUT2D eigenvalue weighted by molar-refractivity contribution is 6.02.